The van der Waals surface area contributed by atoms with Gasteiger partial charge in [0.2, 0.25) is 0 Å². The van der Waals surface area contributed by atoms with Gasteiger partial charge in [0, 0.05) is 18.7 Å². The third kappa shape index (κ3) is 4.34. The van der Waals surface area contributed by atoms with E-state index in [4.69, 9.17) is 39.2 Å². The number of piperidine rings is 1. The molecule has 1 aromatic carbocycles. The number of aryl methyl sites for hydroxylation is 1. The maximum Gasteiger partial charge on any atom is 0.306 e. The molecule has 0 aliphatic carbocycles. The molecular formula is C19H18Cl3FN4O3S. The Morgan fingerprint density at radius 1 is 1.23 bits per heavy atom. The fraction of sp³-hybridized carbons (Fsp3) is 0.368. The van der Waals surface area contributed by atoms with Crippen LogP contribution in [0.2, 0.25) is 0 Å². The Labute approximate surface area is 193 Å². The van der Waals surface area contributed by atoms with Crippen molar-refractivity contribution in [2.45, 2.75) is 28.8 Å². The van der Waals surface area contributed by atoms with E-state index in [9.17, 15) is 12.8 Å². The Morgan fingerprint density at radius 3 is 2.58 bits per heavy atom. The van der Waals surface area contributed by atoms with E-state index in [1.54, 1.807) is 25.3 Å². The number of hydrogen-bond acceptors (Lipinski definition) is 6. The molecular weight excluding hydrogens is 490 g/mol. The van der Waals surface area contributed by atoms with Crippen LogP contribution < -0.4 is 5.32 Å². The number of alkyl halides is 3. The molecule has 166 valence electrons. The molecule has 12 heteroatoms. The number of halogens is 4. The standard InChI is InChI=1S/C19H18Cl3FN4O3S/c1-11-2-3-15(14(23)8-11)26-18-17-16(24-10-25-18)13(9-30-17)12-4-6-27(7-5-12)31(28,29)19(20,21)22/h2-3,8-10,12H,4-7H2,1H3,(H,24,25,26). The predicted octanol–water partition coefficient (Wildman–Crippen LogP) is 5.25. The van der Waals surface area contributed by atoms with Gasteiger partial charge in [0.1, 0.15) is 17.7 Å². The minimum Gasteiger partial charge on any atom is -0.458 e. The van der Waals surface area contributed by atoms with Gasteiger partial charge < -0.3 is 9.73 Å². The van der Waals surface area contributed by atoms with Gasteiger partial charge in [0.05, 0.1) is 12.0 Å². The zero-order valence-corrected chi connectivity index (χ0v) is 19.4. The van der Waals surface area contributed by atoms with Crippen LogP contribution in [0.3, 0.4) is 0 Å². The maximum absolute atomic E-state index is 14.2. The lowest BCUT2D eigenvalue weighted by molar-refractivity contribution is 0.319. The van der Waals surface area contributed by atoms with E-state index < -0.39 is 19.0 Å². The van der Waals surface area contributed by atoms with Gasteiger partial charge in [0.25, 0.3) is 10.0 Å². The van der Waals surface area contributed by atoms with Gasteiger partial charge >= 0.3 is 3.12 Å². The first-order valence-electron chi connectivity index (χ1n) is 9.39. The number of anilines is 2. The number of aromatic nitrogens is 2. The second-order valence-electron chi connectivity index (χ2n) is 7.32. The lowest BCUT2D eigenvalue weighted by atomic mass is 9.91. The molecule has 3 heterocycles. The summed E-state index contributed by atoms with van der Waals surface area (Å²) in [6.07, 6.45) is 3.97. The smallest absolute Gasteiger partial charge is 0.306 e. The van der Waals surface area contributed by atoms with Crippen molar-refractivity contribution in [1.29, 1.82) is 0 Å². The summed E-state index contributed by atoms with van der Waals surface area (Å²) in [6.45, 7) is 2.22. The molecule has 0 amide bonds. The minimum absolute atomic E-state index is 0.00179. The molecule has 0 bridgehead atoms. The Bertz CT molecular complexity index is 1220. The zero-order chi connectivity index (χ0) is 22.4. The molecule has 1 aliphatic heterocycles. The fourth-order valence-electron chi connectivity index (χ4n) is 3.65. The molecule has 7 nitrogen and oxygen atoms in total. The van der Waals surface area contributed by atoms with Crippen molar-refractivity contribution >= 4 is 67.4 Å². The summed E-state index contributed by atoms with van der Waals surface area (Å²) >= 11 is 16.8. The lowest BCUT2D eigenvalue weighted by Gasteiger charge is -2.32. The topological polar surface area (TPSA) is 88.3 Å². The molecule has 0 atom stereocenters. The Balaban J connectivity index is 1.56. The number of hydrogen-bond donors (Lipinski definition) is 1. The van der Waals surface area contributed by atoms with Gasteiger partial charge in [-0.15, -0.1) is 0 Å². The highest BCUT2D eigenvalue weighted by molar-refractivity contribution is 7.95. The normalized spacial score (nSPS) is 16.7. The number of benzene rings is 1. The van der Waals surface area contributed by atoms with E-state index in [2.05, 4.69) is 15.3 Å². The average Bonchev–Trinajstić information content (AvgIpc) is 3.14. The largest absolute Gasteiger partial charge is 0.458 e. The highest BCUT2D eigenvalue weighted by atomic mass is 35.6. The van der Waals surface area contributed by atoms with Crippen LogP contribution >= 0.6 is 34.8 Å². The number of fused-ring (bicyclic) bond motifs is 1. The van der Waals surface area contributed by atoms with Gasteiger partial charge in [0.15, 0.2) is 11.4 Å². The third-order valence-corrected chi connectivity index (χ3v) is 8.67. The van der Waals surface area contributed by atoms with Crippen molar-refractivity contribution in [3.05, 3.63) is 47.7 Å². The van der Waals surface area contributed by atoms with Crippen molar-refractivity contribution in [3.8, 4) is 0 Å². The fourth-order valence-corrected chi connectivity index (χ4v) is 5.51. The number of rotatable bonds is 4. The van der Waals surface area contributed by atoms with Crippen molar-refractivity contribution in [2.24, 2.45) is 0 Å². The Hall–Kier alpha value is -1.65. The first-order chi connectivity index (χ1) is 14.6. The van der Waals surface area contributed by atoms with E-state index >= 15 is 0 Å². The molecule has 2 aromatic heterocycles. The van der Waals surface area contributed by atoms with E-state index in [0.29, 0.717) is 29.8 Å². The number of sulfonamides is 1. The van der Waals surface area contributed by atoms with Gasteiger partial charge in [-0.05, 0) is 43.4 Å². The summed E-state index contributed by atoms with van der Waals surface area (Å²) in [6, 6.07) is 4.84. The zero-order valence-electron chi connectivity index (χ0n) is 16.3. The molecule has 1 fully saturated rings. The second-order valence-corrected chi connectivity index (χ2v) is 12.4. The number of nitrogens with one attached hydrogen (secondary N) is 1. The van der Waals surface area contributed by atoms with Gasteiger partial charge in [-0.3, -0.25) is 0 Å². The first kappa shape index (κ1) is 22.5. The van der Waals surface area contributed by atoms with Crippen LogP contribution in [-0.4, -0.2) is 38.9 Å². The second kappa shape index (κ2) is 8.37. The molecule has 1 aliphatic rings. The SMILES string of the molecule is Cc1ccc(Nc2ncnc3c(C4CCN(S(=O)(=O)C(Cl)(Cl)Cl)CC4)coc23)c(F)c1. The van der Waals surface area contributed by atoms with Crippen molar-refractivity contribution in [2.75, 3.05) is 18.4 Å². The van der Waals surface area contributed by atoms with Crippen LogP contribution in [-0.2, 0) is 10.0 Å². The first-order valence-corrected chi connectivity index (χ1v) is 12.0. The maximum atomic E-state index is 14.2. The minimum atomic E-state index is -4.05. The average molecular weight is 508 g/mol. The van der Waals surface area contributed by atoms with Crippen molar-refractivity contribution in [1.82, 2.24) is 14.3 Å². The summed E-state index contributed by atoms with van der Waals surface area (Å²) in [7, 11) is -4.05. The van der Waals surface area contributed by atoms with Gasteiger partial charge in [-0.2, -0.15) is 4.31 Å². The van der Waals surface area contributed by atoms with Crippen LogP contribution in [0.5, 0.6) is 0 Å². The van der Waals surface area contributed by atoms with Gasteiger partial charge in [-0.1, -0.05) is 40.9 Å². The monoisotopic (exact) mass is 506 g/mol. The van der Waals surface area contributed by atoms with Crippen molar-refractivity contribution in [3.63, 3.8) is 0 Å². The number of nitrogens with zero attached hydrogens (tertiary/aromatic N) is 3. The molecule has 1 saturated heterocycles. The summed E-state index contributed by atoms with van der Waals surface area (Å²) in [5.74, 6) is -0.0572. The summed E-state index contributed by atoms with van der Waals surface area (Å²) in [5, 5.41) is 2.95. The quantitative estimate of drug-likeness (QED) is 0.485. The van der Waals surface area contributed by atoms with Crippen LogP contribution in [0, 0.1) is 12.7 Å². The van der Waals surface area contributed by atoms with E-state index in [1.807, 2.05) is 0 Å². The highest BCUT2D eigenvalue weighted by Crippen LogP contribution is 2.40. The highest BCUT2D eigenvalue weighted by Gasteiger charge is 2.44. The predicted molar refractivity (Wildman–Crippen MR) is 119 cm³/mol. The van der Waals surface area contributed by atoms with Crippen LogP contribution in [0.4, 0.5) is 15.9 Å². The molecule has 0 saturated carbocycles. The Morgan fingerprint density at radius 2 is 1.94 bits per heavy atom. The van der Waals surface area contributed by atoms with Gasteiger partial charge in [-0.25, -0.2) is 22.8 Å². The summed E-state index contributed by atoms with van der Waals surface area (Å²) < 4.78 is 43.4. The lowest BCUT2D eigenvalue weighted by Crippen LogP contribution is -2.43. The Kier molecular flexibility index (Phi) is 6.08. The molecule has 0 radical (unpaired) electrons. The summed E-state index contributed by atoms with van der Waals surface area (Å²) in [4.78, 5) is 8.51. The third-order valence-electron chi connectivity index (χ3n) is 5.28. The molecule has 0 spiro atoms. The van der Waals surface area contributed by atoms with Crippen molar-refractivity contribution < 1.29 is 17.2 Å². The summed E-state index contributed by atoms with van der Waals surface area (Å²) in [5.41, 5.74) is 2.89. The van der Waals surface area contributed by atoms with Crippen LogP contribution in [0.15, 0.2) is 35.2 Å². The van der Waals surface area contributed by atoms with E-state index in [0.717, 1.165) is 11.1 Å². The van der Waals surface area contributed by atoms with E-state index in [1.165, 1.54) is 16.7 Å². The van der Waals surface area contributed by atoms with Crippen LogP contribution in [0.1, 0.15) is 29.9 Å². The molecule has 31 heavy (non-hydrogen) atoms. The molecule has 3 aromatic rings. The molecule has 1 N–H and O–H groups in total. The van der Waals surface area contributed by atoms with Crippen LogP contribution in [0.25, 0.3) is 11.1 Å². The molecule has 4 rings (SSSR count). The van der Waals surface area contributed by atoms with E-state index in [-0.39, 0.29) is 24.7 Å². The number of furan rings is 1. The molecule has 0 unspecified atom stereocenters.